The number of hydrogen-bond donors (Lipinski definition) is 0. The van der Waals surface area contributed by atoms with Crippen molar-refractivity contribution in [3.05, 3.63) is 40.8 Å². The summed E-state index contributed by atoms with van der Waals surface area (Å²) in [6.45, 7) is 12.0. The molecule has 0 N–H and O–H groups in total. The summed E-state index contributed by atoms with van der Waals surface area (Å²) < 4.78 is 0. The second-order valence-corrected chi connectivity index (χ2v) is 11.0. The van der Waals surface area contributed by atoms with Gasteiger partial charge in [0.2, 0.25) is 5.91 Å². The van der Waals surface area contributed by atoms with Gasteiger partial charge < -0.3 is 9.80 Å². The van der Waals surface area contributed by atoms with Crippen LogP contribution in [0.5, 0.6) is 0 Å². The molecule has 0 radical (unpaired) electrons. The first-order chi connectivity index (χ1) is 16.5. The fraction of sp³-hybridized carbons (Fsp3) is 0.667. The third-order valence-electron chi connectivity index (χ3n) is 8.58. The minimum absolute atomic E-state index is 0.0235. The molecule has 0 bridgehead atoms. The Labute approximate surface area is 209 Å². The Balaban J connectivity index is 1.33. The van der Waals surface area contributed by atoms with E-state index in [-0.39, 0.29) is 17.8 Å². The second-order valence-electron chi connectivity index (χ2n) is 10.5. The Bertz CT molecular complexity index is 970. The molecule has 7 heteroatoms. The van der Waals surface area contributed by atoms with Crippen molar-refractivity contribution in [3.63, 3.8) is 0 Å². The molecule has 0 aromatic carbocycles. The molecule has 3 heterocycles. The molecular weight excluding hydrogens is 446 g/mol. The molecule has 2 aliphatic heterocycles. The smallest absolute Gasteiger partial charge is 0.228 e. The lowest BCUT2D eigenvalue weighted by molar-refractivity contribution is -0.140. The highest BCUT2D eigenvalue weighted by atomic mass is 35.5. The van der Waals surface area contributed by atoms with Crippen molar-refractivity contribution in [2.24, 2.45) is 17.8 Å². The molecule has 1 amide bonds. The van der Waals surface area contributed by atoms with Crippen LogP contribution in [0.1, 0.15) is 57.2 Å². The highest BCUT2D eigenvalue weighted by molar-refractivity contribution is 6.31. The molecule has 6 nitrogen and oxygen atoms in total. The highest BCUT2D eigenvalue weighted by Crippen LogP contribution is 2.39. The Morgan fingerprint density at radius 1 is 1.15 bits per heavy atom. The standard InChI is InChI=1S/C27H38ClN5O/c1-4-31-11-5-6-23(31)25(21-9-8-20(28)16-19(21)3)27(34)33-14-12-32(13-15-33)26-24-18(2)7-10-22(24)29-17-30-26/h8-9,16-19,21,23,25H,4-7,10-15H2,1-3H3. The van der Waals surface area contributed by atoms with Crippen LogP contribution in [-0.2, 0) is 11.2 Å². The molecule has 1 aromatic rings. The monoisotopic (exact) mass is 483 g/mol. The van der Waals surface area contributed by atoms with E-state index in [1.165, 1.54) is 17.7 Å². The van der Waals surface area contributed by atoms with Gasteiger partial charge in [0.15, 0.2) is 0 Å². The molecular formula is C27H38ClN5O. The molecule has 5 rings (SSSR count). The van der Waals surface area contributed by atoms with Crippen molar-refractivity contribution in [3.8, 4) is 0 Å². The molecule has 4 aliphatic rings. The van der Waals surface area contributed by atoms with Gasteiger partial charge in [0.25, 0.3) is 0 Å². The lowest BCUT2D eigenvalue weighted by atomic mass is 9.74. The summed E-state index contributed by atoms with van der Waals surface area (Å²) in [7, 11) is 0. The molecule has 0 spiro atoms. The highest BCUT2D eigenvalue weighted by Gasteiger charge is 2.43. The number of hydrogen-bond acceptors (Lipinski definition) is 5. The third-order valence-corrected chi connectivity index (χ3v) is 8.84. The topological polar surface area (TPSA) is 52.6 Å². The van der Waals surface area contributed by atoms with Crippen LogP contribution in [0.2, 0.25) is 0 Å². The number of carbonyl (C=O) groups is 1. The Morgan fingerprint density at radius 3 is 2.68 bits per heavy atom. The lowest BCUT2D eigenvalue weighted by Gasteiger charge is -2.42. The van der Waals surface area contributed by atoms with Gasteiger partial charge in [-0.15, -0.1) is 0 Å². The third kappa shape index (κ3) is 4.39. The first-order valence-electron chi connectivity index (χ1n) is 13.1. The number of halogens is 1. The first-order valence-corrected chi connectivity index (χ1v) is 13.5. The van der Waals surface area contributed by atoms with E-state index >= 15 is 0 Å². The van der Waals surface area contributed by atoms with Crippen LogP contribution >= 0.6 is 11.6 Å². The molecule has 5 unspecified atom stereocenters. The van der Waals surface area contributed by atoms with Crippen molar-refractivity contribution in [1.29, 1.82) is 0 Å². The summed E-state index contributed by atoms with van der Waals surface area (Å²) in [5, 5.41) is 0.786. The van der Waals surface area contributed by atoms with Gasteiger partial charge in [-0.05, 0) is 62.6 Å². The SMILES string of the molecule is CCN1CCCC1C(C(=O)N1CCN(c2ncnc3c2C(C)CC3)CC1)C1C=CC(Cl)=CC1C. The number of fused-ring (bicyclic) bond motifs is 1. The largest absolute Gasteiger partial charge is 0.353 e. The van der Waals surface area contributed by atoms with Gasteiger partial charge in [-0.2, -0.15) is 0 Å². The summed E-state index contributed by atoms with van der Waals surface area (Å²) in [5.74, 6) is 2.35. The number of anilines is 1. The zero-order valence-corrected chi connectivity index (χ0v) is 21.5. The molecule has 2 fully saturated rings. The molecule has 34 heavy (non-hydrogen) atoms. The minimum Gasteiger partial charge on any atom is -0.353 e. The number of amides is 1. The number of aromatic nitrogens is 2. The van der Waals surface area contributed by atoms with E-state index in [0.717, 1.165) is 69.4 Å². The van der Waals surface area contributed by atoms with E-state index < -0.39 is 0 Å². The first kappa shape index (κ1) is 23.8. The van der Waals surface area contributed by atoms with Gasteiger partial charge in [-0.3, -0.25) is 9.69 Å². The fourth-order valence-electron chi connectivity index (χ4n) is 6.70. The Kier molecular flexibility index (Phi) is 6.99. The normalized spacial score (nSPS) is 30.4. The predicted octanol–water partition coefficient (Wildman–Crippen LogP) is 4.22. The van der Waals surface area contributed by atoms with E-state index in [4.69, 9.17) is 11.6 Å². The maximum atomic E-state index is 14.1. The summed E-state index contributed by atoms with van der Waals surface area (Å²) in [6, 6.07) is 0.309. The zero-order valence-electron chi connectivity index (χ0n) is 20.8. The van der Waals surface area contributed by atoms with E-state index in [1.807, 2.05) is 6.08 Å². The molecule has 184 valence electrons. The Hall–Kier alpha value is -1.92. The van der Waals surface area contributed by atoms with E-state index in [9.17, 15) is 4.79 Å². The van der Waals surface area contributed by atoms with Crippen LogP contribution in [0, 0.1) is 17.8 Å². The number of likely N-dealkylation sites (tertiary alicyclic amines) is 1. The summed E-state index contributed by atoms with van der Waals surface area (Å²) in [6.07, 6.45) is 12.5. The number of carbonyl (C=O) groups excluding carboxylic acids is 1. The maximum Gasteiger partial charge on any atom is 0.228 e. The molecule has 5 atom stereocenters. The molecule has 2 aliphatic carbocycles. The van der Waals surface area contributed by atoms with Crippen molar-refractivity contribution in [2.75, 3.05) is 44.2 Å². The van der Waals surface area contributed by atoms with Crippen molar-refractivity contribution >= 4 is 23.3 Å². The second kappa shape index (κ2) is 9.98. The predicted molar refractivity (Wildman–Crippen MR) is 137 cm³/mol. The lowest BCUT2D eigenvalue weighted by Crippen LogP contribution is -2.55. The zero-order chi connectivity index (χ0) is 23.8. The van der Waals surface area contributed by atoms with Crippen LogP contribution in [0.3, 0.4) is 0 Å². The van der Waals surface area contributed by atoms with E-state index in [0.29, 0.717) is 17.9 Å². The number of piperazine rings is 1. The summed E-state index contributed by atoms with van der Waals surface area (Å²) in [4.78, 5) is 30.3. The quantitative estimate of drug-likeness (QED) is 0.627. The van der Waals surface area contributed by atoms with Gasteiger partial charge in [-0.25, -0.2) is 9.97 Å². The molecule has 2 saturated heterocycles. The van der Waals surface area contributed by atoms with Gasteiger partial charge >= 0.3 is 0 Å². The van der Waals surface area contributed by atoms with Gasteiger partial charge in [0.05, 0.1) is 5.92 Å². The van der Waals surface area contributed by atoms with Gasteiger partial charge in [0, 0.05) is 48.5 Å². The number of allylic oxidation sites excluding steroid dienone is 4. The van der Waals surface area contributed by atoms with Crippen LogP contribution in [0.4, 0.5) is 5.82 Å². The van der Waals surface area contributed by atoms with Crippen molar-refractivity contribution < 1.29 is 4.79 Å². The van der Waals surface area contributed by atoms with Crippen molar-refractivity contribution in [1.82, 2.24) is 19.8 Å². The van der Waals surface area contributed by atoms with Crippen LogP contribution in [0.15, 0.2) is 29.6 Å². The minimum atomic E-state index is -0.0235. The maximum absolute atomic E-state index is 14.1. The molecule has 1 aromatic heterocycles. The van der Waals surface area contributed by atoms with Crippen molar-refractivity contribution in [2.45, 2.75) is 58.4 Å². The average molecular weight is 484 g/mol. The van der Waals surface area contributed by atoms with Crippen LogP contribution < -0.4 is 4.90 Å². The van der Waals surface area contributed by atoms with Gasteiger partial charge in [0.1, 0.15) is 12.1 Å². The average Bonchev–Trinajstić information content (AvgIpc) is 3.47. The number of nitrogens with zero attached hydrogens (tertiary/aromatic N) is 5. The number of aryl methyl sites for hydroxylation is 1. The number of rotatable bonds is 5. The van der Waals surface area contributed by atoms with E-state index in [2.05, 4.69) is 57.6 Å². The van der Waals surface area contributed by atoms with Crippen LogP contribution in [0.25, 0.3) is 0 Å². The fourth-order valence-corrected chi connectivity index (χ4v) is 6.98. The summed E-state index contributed by atoms with van der Waals surface area (Å²) in [5.41, 5.74) is 2.54. The Morgan fingerprint density at radius 2 is 1.94 bits per heavy atom. The van der Waals surface area contributed by atoms with E-state index in [1.54, 1.807) is 6.33 Å². The molecule has 0 saturated carbocycles. The van der Waals surface area contributed by atoms with Crippen LogP contribution in [-0.4, -0.2) is 71.0 Å². The van der Waals surface area contributed by atoms with Gasteiger partial charge in [-0.1, -0.05) is 44.5 Å². The summed E-state index contributed by atoms with van der Waals surface area (Å²) >= 11 is 6.30.